The van der Waals surface area contributed by atoms with Gasteiger partial charge < -0.3 is 9.47 Å². The number of alkyl halides is 1. The lowest BCUT2D eigenvalue weighted by atomic mass is 10.9. The van der Waals surface area contributed by atoms with Crippen LogP contribution in [0.25, 0.3) is 0 Å². The third kappa shape index (κ3) is 3.39. The summed E-state index contributed by atoms with van der Waals surface area (Å²) in [5, 5.41) is 0. The van der Waals surface area contributed by atoms with Crippen LogP contribution < -0.4 is 0 Å². The quantitative estimate of drug-likeness (QED) is 0.514. The summed E-state index contributed by atoms with van der Waals surface area (Å²) in [6.07, 6.45) is -0.963. The van der Waals surface area contributed by atoms with E-state index in [1.807, 2.05) is 0 Å². The van der Waals surface area contributed by atoms with Crippen molar-refractivity contribution in [1.82, 2.24) is 0 Å². The molecule has 4 heteroatoms. The first-order valence-electron chi connectivity index (χ1n) is 2.16. The summed E-state index contributed by atoms with van der Waals surface area (Å²) >= 11 is 0. The van der Waals surface area contributed by atoms with Crippen molar-refractivity contribution in [3.8, 4) is 0 Å². The Kier molecular flexibility index (Phi) is 3.93. The third-order valence-electron chi connectivity index (χ3n) is 0.435. The Bertz CT molecular complexity index is 65.7. The zero-order chi connectivity index (χ0) is 6.41. The van der Waals surface area contributed by atoms with Gasteiger partial charge in [0.15, 0.2) is 0 Å². The van der Waals surface area contributed by atoms with Crippen molar-refractivity contribution in [2.75, 3.05) is 13.5 Å². The molecule has 0 aliphatic carbocycles. The molecule has 0 unspecified atom stereocenters. The molecule has 0 spiro atoms. The van der Waals surface area contributed by atoms with E-state index in [1.165, 1.54) is 0 Å². The van der Waals surface area contributed by atoms with Crippen molar-refractivity contribution in [3.63, 3.8) is 0 Å². The maximum absolute atomic E-state index is 11.0. The van der Waals surface area contributed by atoms with E-state index in [2.05, 4.69) is 9.47 Å². The summed E-state index contributed by atoms with van der Waals surface area (Å²) in [6, 6.07) is 0. The standard InChI is InChI=1S/C4H7FO3/c1-2-7-4(6)8-3-5/h2-3H2,1H3. The first-order valence-corrected chi connectivity index (χ1v) is 2.16. The van der Waals surface area contributed by atoms with Crippen LogP contribution in [0.2, 0.25) is 0 Å². The molecular weight excluding hydrogens is 115 g/mol. The normalized spacial score (nSPS) is 8.25. The monoisotopic (exact) mass is 122 g/mol. The van der Waals surface area contributed by atoms with Crippen molar-refractivity contribution in [2.24, 2.45) is 0 Å². The van der Waals surface area contributed by atoms with Crippen molar-refractivity contribution >= 4 is 6.16 Å². The number of halogens is 1. The van der Waals surface area contributed by atoms with E-state index in [1.54, 1.807) is 6.92 Å². The van der Waals surface area contributed by atoms with Gasteiger partial charge in [0.05, 0.1) is 6.61 Å². The number of carbonyl (C=O) groups excluding carboxylic acids is 1. The van der Waals surface area contributed by atoms with Gasteiger partial charge in [-0.25, -0.2) is 9.18 Å². The topological polar surface area (TPSA) is 35.5 Å². The molecule has 3 nitrogen and oxygen atoms in total. The lowest BCUT2D eigenvalue weighted by Gasteiger charge is -1.96. The molecule has 0 N–H and O–H groups in total. The van der Waals surface area contributed by atoms with Crippen molar-refractivity contribution in [1.29, 1.82) is 0 Å². The second-order valence-electron chi connectivity index (χ2n) is 0.936. The number of ether oxygens (including phenoxy) is 2. The summed E-state index contributed by atoms with van der Waals surface area (Å²) < 4.78 is 19.0. The van der Waals surface area contributed by atoms with Crippen LogP contribution in [0, 0.1) is 0 Å². The fourth-order valence-corrected chi connectivity index (χ4v) is 0.204. The highest BCUT2D eigenvalue weighted by Crippen LogP contribution is 1.83. The van der Waals surface area contributed by atoms with E-state index in [0.29, 0.717) is 0 Å². The van der Waals surface area contributed by atoms with Crippen LogP contribution >= 0.6 is 0 Å². The Labute approximate surface area is 46.4 Å². The summed E-state index contributed by atoms with van der Waals surface area (Å²) in [4.78, 5) is 9.96. The fraction of sp³-hybridized carbons (Fsp3) is 0.750. The molecule has 0 aliphatic rings. The zero-order valence-corrected chi connectivity index (χ0v) is 4.52. The predicted molar refractivity (Wildman–Crippen MR) is 24.1 cm³/mol. The lowest BCUT2D eigenvalue weighted by Crippen LogP contribution is -2.05. The Morgan fingerprint density at radius 1 is 1.62 bits per heavy atom. The van der Waals surface area contributed by atoms with Gasteiger partial charge in [0.25, 0.3) is 0 Å². The zero-order valence-electron chi connectivity index (χ0n) is 4.52. The van der Waals surface area contributed by atoms with Crippen LogP contribution in [0.3, 0.4) is 0 Å². The molecule has 0 atom stereocenters. The predicted octanol–water partition coefficient (Wildman–Crippen LogP) is 1.09. The molecule has 8 heavy (non-hydrogen) atoms. The van der Waals surface area contributed by atoms with E-state index in [9.17, 15) is 9.18 Å². The van der Waals surface area contributed by atoms with Gasteiger partial charge in [0.1, 0.15) is 0 Å². The molecule has 0 aromatic carbocycles. The third-order valence-corrected chi connectivity index (χ3v) is 0.435. The maximum Gasteiger partial charge on any atom is 0.510 e. The number of carbonyl (C=O) groups is 1. The minimum absolute atomic E-state index is 0.207. The van der Waals surface area contributed by atoms with Crippen molar-refractivity contribution in [3.05, 3.63) is 0 Å². The first-order chi connectivity index (χ1) is 3.81. The number of rotatable bonds is 2. The molecule has 0 aromatic heterocycles. The van der Waals surface area contributed by atoms with Gasteiger partial charge in [0, 0.05) is 0 Å². The lowest BCUT2D eigenvalue weighted by molar-refractivity contribution is 0.0297. The highest BCUT2D eigenvalue weighted by molar-refractivity contribution is 5.59. The van der Waals surface area contributed by atoms with Gasteiger partial charge >= 0.3 is 6.16 Å². The summed E-state index contributed by atoms with van der Waals surface area (Å²) in [6.45, 7) is 0.692. The SMILES string of the molecule is CCOC(=O)OCF. The van der Waals surface area contributed by atoms with Gasteiger partial charge in [-0.05, 0) is 6.92 Å². The molecule has 0 amide bonds. The Morgan fingerprint density at radius 3 is 2.62 bits per heavy atom. The molecule has 0 aromatic rings. The maximum atomic E-state index is 11.0. The van der Waals surface area contributed by atoms with Crippen LogP contribution in [0.5, 0.6) is 0 Å². The highest BCUT2D eigenvalue weighted by Gasteiger charge is 1.97. The summed E-state index contributed by atoms with van der Waals surface area (Å²) in [7, 11) is 0. The Morgan fingerprint density at radius 2 is 2.25 bits per heavy atom. The van der Waals surface area contributed by atoms with E-state index in [4.69, 9.17) is 0 Å². The smallest absolute Gasteiger partial charge is 0.435 e. The van der Waals surface area contributed by atoms with E-state index in [0.717, 1.165) is 0 Å². The highest BCUT2D eigenvalue weighted by atomic mass is 19.1. The Balaban J connectivity index is 3.06. The minimum Gasteiger partial charge on any atom is -0.435 e. The first kappa shape index (κ1) is 7.20. The van der Waals surface area contributed by atoms with Gasteiger partial charge in [0.2, 0.25) is 6.86 Å². The van der Waals surface area contributed by atoms with Crippen LogP contribution in [-0.4, -0.2) is 19.6 Å². The molecule has 0 aliphatic heterocycles. The van der Waals surface area contributed by atoms with E-state index in [-0.39, 0.29) is 6.61 Å². The fourth-order valence-electron chi connectivity index (χ4n) is 0.204. The molecule has 0 radical (unpaired) electrons. The van der Waals surface area contributed by atoms with Gasteiger partial charge in [-0.2, -0.15) is 0 Å². The average Bonchev–Trinajstić information content (AvgIpc) is 1.68. The van der Waals surface area contributed by atoms with Crippen LogP contribution in [0.15, 0.2) is 0 Å². The molecule has 0 saturated heterocycles. The van der Waals surface area contributed by atoms with Crippen molar-refractivity contribution in [2.45, 2.75) is 6.92 Å². The van der Waals surface area contributed by atoms with Crippen LogP contribution in [0.4, 0.5) is 9.18 Å². The molecule has 0 heterocycles. The molecule has 48 valence electrons. The molecule has 0 saturated carbocycles. The van der Waals surface area contributed by atoms with Crippen LogP contribution in [-0.2, 0) is 9.47 Å². The average molecular weight is 122 g/mol. The van der Waals surface area contributed by atoms with Gasteiger partial charge in [-0.1, -0.05) is 0 Å². The van der Waals surface area contributed by atoms with Crippen LogP contribution in [0.1, 0.15) is 6.92 Å². The van der Waals surface area contributed by atoms with Gasteiger partial charge in [-0.3, -0.25) is 0 Å². The second-order valence-corrected chi connectivity index (χ2v) is 0.936. The number of hydrogen-bond acceptors (Lipinski definition) is 3. The van der Waals surface area contributed by atoms with Gasteiger partial charge in [-0.15, -0.1) is 0 Å². The van der Waals surface area contributed by atoms with E-state index >= 15 is 0 Å². The number of hydrogen-bond donors (Lipinski definition) is 0. The summed E-state index contributed by atoms with van der Waals surface area (Å²) in [5.41, 5.74) is 0. The largest absolute Gasteiger partial charge is 0.510 e. The molecule has 0 rings (SSSR count). The molecule has 0 bridgehead atoms. The second kappa shape index (κ2) is 4.36. The Hall–Kier alpha value is -0.800. The molecule has 0 fully saturated rings. The summed E-state index contributed by atoms with van der Waals surface area (Å²) in [5.74, 6) is 0. The minimum atomic E-state index is -1.13. The molecular formula is C4H7FO3. The van der Waals surface area contributed by atoms with Crippen molar-refractivity contribution < 1.29 is 18.7 Å². The van der Waals surface area contributed by atoms with E-state index < -0.39 is 13.0 Å².